The summed E-state index contributed by atoms with van der Waals surface area (Å²) in [5.41, 5.74) is 2.33. The van der Waals surface area contributed by atoms with E-state index in [-0.39, 0.29) is 18.2 Å². The molecule has 1 aliphatic heterocycles. The van der Waals surface area contributed by atoms with Crippen molar-refractivity contribution in [2.45, 2.75) is 38.8 Å². The van der Waals surface area contributed by atoms with Crippen molar-refractivity contribution in [3.05, 3.63) is 28.6 Å². The third-order valence-corrected chi connectivity index (χ3v) is 3.97. The number of ketones is 1. The van der Waals surface area contributed by atoms with E-state index in [1.54, 1.807) is 6.07 Å². The second-order valence-corrected chi connectivity index (χ2v) is 5.55. The van der Waals surface area contributed by atoms with Crippen molar-refractivity contribution in [2.24, 2.45) is 0 Å². The summed E-state index contributed by atoms with van der Waals surface area (Å²) in [6.45, 7) is 2.37. The van der Waals surface area contributed by atoms with Gasteiger partial charge in [-0.05, 0) is 32.3 Å². The largest absolute Gasteiger partial charge is 0.336 e. The van der Waals surface area contributed by atoms with Gasteiger partial charge in [0.2, 0.25) is 0 Å². The first-order valence-electron chi connectivity index (χ1n) is 7.03. The van der Waals surface area contributed by atoms with Gasteiger partial charge in [0, 0.05) is 18.7 Å². The molecule has 2 heterocycles. The first-order valence-corrected chi connectivity index (χ1v) is 7.03. The van der Waals surface area contributed by atoms with E-state index >= 15 is 0 Å². The Morgan fingerprint density at radius 2 is 2.25 bits per heavy atom. The molecule has 1 aromatic heterocycles. The number of nitrogens with zero attached hydrogens (tertiary/aromatic N) is 2. The molecule has 1 aliphatic carbocycles. The Labute approximate surface area is 117 Å². The minimum atomic E-state index is -0.951. The van der Waals surface area contributed by atoms with Crippen LogP contribution < -0.4 is 0 Å². The summed E-state index contributed by atoms with van der Waals surface area (Å²) >= 11 is 0. The SMILES string of the molecule is Cc1cc(C(=O)N2CC[C@@H](F)C2)c2c(n1)CCCC2=O. The predicted molar refractivity (Wildman–Crippen MR) is 71.7 cm³/mol. The topological polar surface area (TPSA) is 50.3 Å². The molecule has 0 saturated carbocycles. The van der Waals surface area contributed by atoms with Gasteiger partial charge in [-0.2, -0.15) is 0 Å². The maximum absolute atomic E-state index is 13.3. The molecule has 106 valence electrons. The molecule has 3 rings (SSSR count). The van der Waals surface area contributed by atoms with E-state index in [1.165, 1.54) is 4.90 Å². The number of likely N-dealkylation sites (tertiary alicyclic amines) is 1. The van der Waals surface area contributed by atoms with Crippen molar-refractivity contribution in [3.63, 3.8) is 0 Å². The number of halogens is 1. The number of hydrogen-bond acceptors (Lipinski definition) is 3. The Morgan fingerprint density at radius 3 is 2.95 bits per heavy atom. The summed E-state index contributed by atoms with van der Waals surface area (Å²) in [6.07, 6.45) is 1.41. The summed E-state index contributed by atoms with van der Waals surface area (Å²) in [4.78, 5) is 30.5. The van der Waals surface area contributed by atoms with Gasteiger partial charge in [0.1, 0.15) is 6.17 Å². The maximum atomic E-state index is 13.3. The minimum absolute atomic E-state index is 0.0157. The number of carbonyl (C=O) groups is 2. The number of pyridine rings is 1. The molecule has 1 atom stereocenters. The summed E-state index contributed by atoms with van der Waals surface area (Å²) < 4.78 is 13.3. The van der Waals surface area contributed by atoms with E-state index in [0.29, 0.717) is 30.5 Å². The molecule has 5 heteroatoms. The van der Waals surface area contributed by atoms with Crippen LogP contribution in [0.5, 0.6) is 0 Å². The van der Waals surface area contributed by atoms with Crippen molar-refractivity contribution >= 4 is 11.7 Å². The first-order chi connectivity index (χ1) is 9.56. The van der Waals surface area contributed by atoms with Crippen LogP contribution in [0.25, 0.3) is 0 Å². The second-order valence-electron chi connectivity index (χ2n) is 5.55. The molecule has 1 aromatic rings. The van der Waals surface area contributed by atoms with Crippen molar-refractivity contribution in [3.8, 4) is 0 Å². The van der Waals surface area contributed by atoms with E-state index in [9.17, 15) is 14.0 Å². The molecular weight excluding hydrogens is 259 g/mol. The molecule has 0 bridgehead atoms. The van der Waals surface area contributed by atoms with Crippen LogP contribution in [0.4, 0.5) is 4.39 Å². The third kappa shape index (κ3) is 2.21. The van der Waals surface area contributed by atoms with Gasteiger partial charge in [0.15, 0.2) is 5.78 Å². The zero-order valence-corrected chi connectivity index (χ0v) is 11.5. The molecule has 1 amide bonds. The van der Waals surface area contributed by atoms with Crippen molar-refractivity contribution < 1.29 is 14.0 Å². The van der Waals surface area contributed by atoms with E-state index < -0.39 is 6.17 Å². The fraction of sp³-hybridized carbons (Fsp3) is 0.533. The highest BCUT2D eigenvalue weighted by atomic mass is 19.1. The Kier molecular flexibility index (Phi) is 3.28. The fourth-order valence-electron chi connectivity index (χ4n) is 3.01. The van der Waals surface area contributed by atoms with Crippen molar-refractivity contribution in [2.75, 3.05) is 13.1 Å². The van der Waals surface area contributed by atoms with Crippen LogP contribution in [-0.2, 0) is 6.42 Å². The fourth-order valence-corrected chi connectivity index (χ4v) is 3.01. The number of aryl methyl sites for hydroxylation is 2. The Hall–Kier alpha value is -1.78. The lowest BCUT2D eigenvalue weighted by Gasteiger charge is -2.21. The normalized spacial score (nSPS) is 22.0. The van der Waals surface area contributed by atoms with E-state index in [4.69, 9.17) is 0 Å². The van der Waals surface area contributed by atoms with Gasteiger partial charge in [-0.1, -0.05) is 0 Å². The van der Waals surface area contributed by atoms with Crippen LogP contribution >= 0.6 is 0 Å². The van der Waals surface area contributed by atoms with Gasteiger partial charge in [-0.15, -0.1) is 0 Å². The number of aromatic nitrogens is 1. The van der Waals surface area contributed by atoms with Gasteiger partial charge in [-0.3, -0.25) is 14.6 Å². The second kappa shape index (κ2) is 4.96. The minimum Gasteiger partial charge on any atom is -0.336 e. The Morgan fingerprint density at radius 1 is 1.45 bits per heavy atom. The maximum Gasteiger partial charge on any atom is 0.254 e. The number of hydrogen-bond donors (Lipinski definition) is 0. The lowest BCUT2D eigenvalue weighted by atomic mass is 9.90. The highest BCUT2D eigenvalue weighted by Crippen LogP contribution is 2.26. The van der Waals surface area contributed by atoms with Gasteiger partial charge in [0.25, 0.3) is 5.91 Å². The van der Waals surface area contributed by atoms with E-state index in [2.05, 4.69) is 4.98 Å². The standard InChI is InChI=1S/C15H17FN2O2/c1-9-7-11(15(20)18-6-5-10(16)8-18)14-12(17-9)3-2-4-13(14)19/h7,10H,2-6,8H2,1H3/t10-/m1/s1. The Bertz CT molecular complexity index is 585. The number of carbonyl (C=O) groups excluding carboxylic acids is 2. The van der Waals surface area contributed by atoms with Crippen LogP contribution in [0.2, 0.25) is 0 Å². The average Bonchev–Trinajstić information content (AvgIpc) is 2.83. The number of fused-ring (bicyclic) bond motifs is 1. The van der Waals surface area contributed by atoms with Crippen LogP contribution in [0.1, 0.15) is 51.4 Å². The molecule has 0 N–H and O–H groups in total. The summed E-state index contributed by atoms with van der Waals surface area (Å²) in [5.74, 6) is -0.250. The van der Waals surface area contributed by atoms with Crippen LogP contribution in [0.3, 0.4) is 0 Å². The molecular formula is C15H17FN2O2. The highest BCUT2D eigenvalue weighted by molar-refractivity contribution is 6.09. The molecule has 2 aliphatic rings. The van der Waals surface area contributed by atoms with Crippen molar-refractivity contribution in [1.29, 1.82) is 0 Å². The molecule has 0 spiro atoms. The highest BCUT2D eigenvalue weighted by Gasteiger charge is 2.31. The zero-order valence-electron chi connectivity index (χ0n) is 11.5. The summed E-state index contributed by atoms with van der Waals surface area (Å²) in [6, 6.07) is 1.66. The van der Waals surface area contributed by atoms with E-state index in [0.717, 1.165) is 24.2 Å². The lowest BCUT2D eigenvalue weighted by molar-refractivity contribution is 0.0775. The van der Waals surface area contributed by atoms with Crippen LogP contribution in [-0.4, -0.2) is 40.8 Å². The summed E-state index contributed by atoms with van der Waals surface area (Å²) in [7, 11) is 0. The number of rotatable bonds is 1. The number of alkyl halides is 1. The van der Waals surface area contributed by atoms with Crippen molar-refractivity contribution in [1.82, 2.24) is 9.88 Å². The molecule has 20 heavy (non-hydrogen) atoms. The van der Waals surface area contributed by atoms with Crippen LogP contribution in [0.15, 0.2) is 6.07 Å². The lowest BCUT2D eigenvalue weighted by Crippen LogP contribution is -2.31. The predicted octanol–water partition coefficient (Wildman–Crippen LogP) is 2.09. The van der Waals surface area contributed by atoms with Gasteiger partial charge < -0.3 is 4.90 Å². The zero-order chi connectivity index (χ0) is 14.3. The first kappa shape index (κ1) is 13.2. The molecule has 0 radical (unpaired) electrons. The van der Waals surface area contributed by atoms with Gasteiger partial charge in [-0.25, -0.2) is 4.39 Å². The summed E-state index contributed by atoms with van der Waals surface area (Å²) in [5, 5.41) is 0. The monoisotopic (exact) mass is 276 g/mol. The van der Waals surface area contributed by atoms with Gasteiger partial charge in [0.05, 0.1) is 23.4 Å². The molecule has 4 nitrogen and oxygen atoms in total. The van der Waals surface area contributed by atoms with E-state index in [1.807, 2.05) is 6.92 Å². The molecule has 0 aromatic carbocycles. The average molecular weight is 276 g/mol. The molecule has 1 fully saturated rings. The molecule has 0 unspecified atom stereocenters. The number of Topliss-reactive ketones (excluding diaryl/α,β-unsaturated/α-hetero) is 1. The quantitative estimate of drug-likeness (QED) is 0.789. The number of amides is 1. The smallest absolute Gasteiger partial charge is 0.254 e. The molecule has 1 saturated heterocycles. The van der Waals surface area contributed by atoms with Crippen LogP contribution in [0, 0.1) is 6.92 Å². The Balaban J connectivity index is 2.02. The third-order valence-electron chi connectivity index (χ3n) is 3.97. The van der Waals surface area contributed by atoms with Gasteiger partial charge >= 0.3 is 0 Å².